The van der Waals surface area contributed by atoms with Gasteiger partial charge in [0.1, 0.15) is 11.3 Å². The smallest absolute Gasteiger partial charge is 0.282 e. The van der Waals surface area contributed by atoms with Crippen LogP contribution in [0.25, 0.3) is 0 Å². The van der Waals surface area contributed by atoms with Crippen molar-refractivity contribution in [2.45, 2.75) is 6.42 Å². The number of phenols is 1. The first-order valence-corrected chi connectivity index (χ1v) is 5.90. The van der Waals surface area contributed by atoms with E-state index < -0.39 is 10.8 Å². The van der Waals surface area contributed by atoms with E-state index in [-0.39, 0.29) is 29.5 Å². The molecular formula is C12H14N2O5. The molecule has 1 heterocycles. The van der Waals surface area contributed by atoms with Gasteiger partial charge in [-0.1, -0.05) is 0 Å². The molecule has 102 valence electrons. The van der Waals surface area contributed by atoms with E-state index in [4.69, 9.17) is 5.11 Å². The number of rotatable bonds is 3. The van der Waals surface area contributed by atoms with Crippen LogP contribution in [0.1, 0.15) is 16.8 Å². The average molecular weight is 266 g/mol. The van der Waals surface area contributed by atoms with Crippen LogP contribution in [-0.4, -0.2) is 45.6 Å². The monoisotopic (exact) mass is 266 g/mol. The number of aromatic hydroxyl groups is 1. The number of benzene rings is 1. The second-order valence-electron chi connectivity index (χ2n) is 4.55. The maximum atomic E-state index is 12.2. The molecule has 7 nitrogen and oxygen atoms in total. The van der Waals surface area contributed by atoms with Gasteiger partial charge in [-0.3, -0.25) is 14.9 Å². The van der Waals surface area contributed by atoms with Crippen LogP contribution in [0, 0.1) is 16.0 Å². The molecule has 0 saturated carbocycles. The average Bonchev–Trinajstić information content (AvgIpc) is 2.86. The summed E-state index contributed by atoms with van der Waals surface area (Å²) in [7, 11) is 0. The lowest BCUT2D eigenvalue weighted by molar-refractivity contribution is -0.385. The van der Waals surface area contributed by atoms with Crippen molar-refractivity contribution >= 4 is 11.6 Å². The normalized spacial score (nSPS) is 18.6. The Morgan fingerprint density at radius 2 is 2.26 bits per heavy atom. The first-order chi connectivity index (χ1) is 9.02. The van der Waals surface area contributed by atoms with E-state index in [1.807, 2.05) is 0 Å². The minimum Gasteiger partial charge on any atom is -0.508 e. The van der Waals surface area contributed by atoms with Crippen LogP contribution in [-0.2, 0) is 0 Å². The molecule has 7 heteroatoms. The zero-order valence-electron chi connectivity index (χ0n) is 10.2. The van der Waals surface area contributed by atoms with Gasteiger partial charge in [-0.15, -0.1) is 0 Å². The molecule has 1 aliphatic rings. The third-order valence-electron chi connectivity index (χ3n) is 3.24. The standard InChI is InChI=1S/C12H14N2O5/c15-7-8-3-4-13(6-8)12(17)10-5-9(16)1-2-11(10)14(18)19/h1-2,5,8,15-16H,3-4,6-7H2. The molecule has 2 N–H and O–H groups in total. The Bertz CT molecular complexity index is 517. The Balaban J connectivity index is 2.28. The molecule has 1 aliphatic heterocycles. The number of aliphatic hydroxyl groups excluding tert-OH is 1. The topological polar surface area (TPSA) is 104 Å². The van der Waals surface area contributed by atoms with Gasteiger partial charge in [0, 0.05) is 31.7 Å². The SMILES string of the molecule is O=C(c1cc(O)ccc1[N+](=O)[O-])N1CCC(CO)C1. The highest BCUT2D eigenvalue weighted by Crippen LogP contribution is 2.26. The van der Waals surface area contributed by atoms with E-state index >= 15 is 0 Å². The lowest BCUT2D eigenvalue weighted by Gasteiger charge is -2.16. The fourth-order valence-electron chi connectivity index (χ4n) is 2.19. The number of carbonyl (C=O) groups excluding carboxylic acids is 1. The summed E-state index contributed by atoms with van der Waals surface area (Å²) < 4.78 is 0. The van der Waals surface area contributed by atoms with Crippen LogP contribution < -0.4 is 0 Å². The molecule has 1 atom stereocenters. The molecule has 1 aromatic rings. The molecule has 1 saturated heterocycles. The second kappa shape index (κ2) is 5.23. The van der Waals surface area contributed by atoms with Gasteiger partial charge >= 0.3 is 0 Å². The van der Waals surface area contributed by atoms with Crippen molar-refractivity contribution in [3.05, 3.63) is 33.9 Å². The highest BCUT2D eigenvalue weighted by Gasteiger charge is 2.30. The number of nitrogens with zero attached hydrogens (tertiary/aromatic N) is 2. The van der Waals surface area contributed by atoms with Crippen molar-refractivity contribution in [2.75, 3.05) is 19.7 Å². The van der Waals surface area contributed by atoms with Crippen LogP contribution >= 0.6 is 0 Å². The predicted molar refractivity (Wildman–Crippen MR) is 65.9 cm³/mol. The van der Waals surface area contributed by atoms with Gasteiger partial charge in [0.2, 0.25) is 0 Å². The Morgan fingerprint density at radius 3 is 2.84 bits per heavy atom. The lowest BCUT2D eigenvalue weighted by Crippen LogP contribution is -2.29. The Kier molecular flexibility index (Phi) is 3.66. The fraction of sp³-hybridized carbons (Fsp3) is 0.417. The van der Waals surface area contributed by atoms with Crippen LogP contribution in [0.4, 0.5) is 5.69 Å². The minimum absolute atomic E-state index is 0.00802. The first-order valence-electron chi connectivity index (χ1n) is 5.90. The van der Waals surface area contributed by atoms with Crippen LogP contribution in [0.3, 0.4) is 0 Å². The molecule has 1 amide bonds. The number of likely N-dealkylation sites (tertiary alicyclic amines) is 1. The summed E-state index contributed by atoms with van der Waals surface area (Å²) in [4.78, 5) is 23.9. The number of aliphatic hydroxyl groups is 1. The van der Waals surface area contributed by atoms with E-state index in [9.17, 15) is 20.0 Å². The predicted octanol–water partition coefficient (Wildman–Crippen LogP) is 0.755. The van der Waals surface area contributed by atoms with Crippen molar-refractivity contribution in [3.63, 3.8) is 0 Å². The number of nitro benzene ring substituents is 1. The van der Waals surface area contributed by atoms with Gasteiger partial charge in [0.25, 0.3) is 11.6 Å². The van der Waals surface area contributed by atoms with E-state index in [1.165, 1.54) is 11.0 Å². The minimum atomic E-state index is -0.647. The summed E-state index contributed by atoms with van der Waals surface area (Å²) >= 11 is 0. The summed E-state index contributed by atoms with van der Waals surface area (Å²) in [5.41, 5.74) is -0.446. The van der Waals surface area contributed by atoms with Gasteiger partial charge in [-0.2, -0.15) is 0 Å². The summed E-state index contributed by atoms with van der Waals surface area (Å²) in [5, 5.41) is 29.3. The zero-order chi connectivity index (χ0) is 14.0. The number of amides is 1. The highest BCUT2D eigenvalue weighted by atomic mass is 16.6. The van der Waals surface area contributed by atoms with Crippen LogP contribution in [0.5, 0.6) is 5.75 Å². The molecule has 0 bridgehead atoms. The largest absolute Gasteiger partial charge is 0.508 e. The fourth-order valence-corrected chi connectivity index (χ4v) is 2.19. The second-order valence-corrected chi connectivity index (χ2v) is 4.55. The van der Waals surface area contributed by atoms with E-state index in [0.717, 1.165) is 12.1 Å². The number of hydrogen-bond acceptors (Lipinski definition) is 5. The van der Waals surface area contributed by atoms with Gasteiger partial charge in [0.15, 0.2) is 0 Å². The number of phenolic OH excluding ortho intramolecular Hbond substituents is 1. The summed E-state index contributed by atoms with van der Waals surface area (Å²) in [5.74, 6) is -0.661. The van der Waals surface area contributed by atoms with Gasteiger partial charge < -0.3 is 15.1 Å². The Morgan fingerprint density at radius 1 is 1.53 bits per heavy atom. The van der Waals surface area contributed by atoms with E-state index in [1.54, 1.807) is 0 Å². The summed E-state index contributed by atoms with van der Waals surface area (Å²) in [6, 6.07) is 3.39. The highest BCUT2D eigenvalue weighted by molar-refractivity contribution is 5.98. The van der Waals surface area contributed by atoms with Gasteiger partial charge in [-0.05, 0) is 18.6 Å². The Hall–Kier alpha value is -2.15. The molecular weight excluding hydrogens is 252 g/mol. The van der Waals surface area contributed by atoms with Crippen LogP contribution in [0.15, 0.2) is 18.2 Å². The zero-order valence-corrected chi connectivity index (χ0v) is 10.2. The maximum Gasteiger partial charge on any atom is 0.282 e. The van der Waals surface area contributed by atoms with Gasteiger partial charge in [0.05, 0.1) is 4.92 Å². The molecule has 0 radical (unpaired) electrons. The molecule has 1 fully saturated rings. The van der Waals surface area contributed by atoms with Crippen molar-refractivity contribution in [2.24, 2.45) is 5.92 Å². The molecule has 19 heavy (non-hydrogen) atoms. The number of nitro groups is 1. The molecule has 0 aromatic heterocycles. The molecule has 0 spiro atoms. The third kappa shape index (κ3) is 2.65. The number of hydrogen-bond donors (Lipinski definition) is 2. The molecule has 0 aliphatic carbocycles. The van der Waals surface area contributed by atoms with Crippen molar-refractivity contribution < 1.29 is 19.9 Å². The summed E-state index contributed by atoms with van der Waals surface area (Å²) in [6.07, 6.45) is 0.675. The van der Waals surface area contributed by atoms with Crippen molar-refractivity contribution in [1.82, 2.24) is 4.90 Å². The van der Waals surface area contributed by atoms with E-state index in [0.29, 0.717) is 19.5 Å². The van der Waals surface area contributed by atoms with Crippen LogP contribution in [0.2, 0.25) is 0 Å². The molecule has 2 rings (SSSR count). The van der Waals surface area contributed by atoms with Crippen molar-refractivity contribution in [1.29, 1.82) is 0 Å². The Labute approximate surface area is 109 Å². The number of carbonyl (C=O) groups is 1. The van der Waals surface area contributed by atoms with Crippen molar-refractivity contribution in [3.8, 4) is 5.75 Å². The van der Waals surface area contributed by atoms with Gasteiger partial charge in [-0.25, -0.2) is 0 Å². The van der Waals surface area contributed by atoms with E-state index in [2.05, 4.69) is 0 Å². The molecule has 1 unspecified atom stereocenters. The third-order valence-corrected chi connectivity index (χ3v) is 3.24. The molecule has 1 aromatic carbocycles. The summed E-state index contributed by atoms with van der Waals surface area (Å²) in [6.45, 7) is 0.824. The lowest BCUT2D eigenvalue weighted by atomic mass is 10.1. The quantitative estimate of drug-likeness (QED) is 0.620. The first kappa shape index (κ1) is 13.3. The maximum absolute atomic E-state index is 12.2.